The minimum absolute atomic E-state index is 0.0864. The zero-order chi connectivity index (χ0) is 23.2. The lowest BCUT2D eigenvalue weighted by atomic mass is 10.0. The van der Waals surface area contributed by atoms with Crippen LogP contribution >= 0.6 is 0 Å². The summed E-state index contributed by atoms with van der Waals surface area (Å²) in [5, 5.41) is 8.02. The fraction of sp³-hybridized carbons (Fsp3) is 0.292. The van der Waals surface area contributed by atoms with Gasteiger partial charge in [0, 0.05) is 73.4 Å². The monoisotopic (exact) mass is 460 g/mol. The van der Waals surface area contributed by atoms with E-state index in [1.54, 1.807) is 30.2 Å². The molecule has 10 heteroatoms. The lowest BCUT2D eigenvalue weighted by Gasteiger charge is -2.23. The van der Waals surface area contributed by atoms with Crippen LogP contribution in [0.25, 0.3) is 38.7 Å². The third-order valence-electron chi connectivity index (χ3n) is 7.55. The van der Waals surface area contributed by atoms with Crippen molar-refractivity contribution in [3.05, 3.63) is 48.6 Å². The van der Waals surface area contributed by atoms with Crippen LogP contribution in [0.5, 0.6) is 0 Å². The van der Waals surface area contributed by atoms with Gasteiger partial charge in [-0.2, -0.15) is 5.10 Å². The molecule has 0 radical (unpaired) electrons. The largest absolute Gasteiger partial charge is 0.386 e. The van der Waals surface area contributed by atoms with E-state index in [-0.39, 0.29) is 16.8 Å². The summed E-state index contributed by atoms with van der Waals surface area (Å²) in [6, 6.07) is 3.16. The number of hydrogen-bond acceptors (Lipinski definition) is 6. The van der Waals surface area contributed by atoms with E-state index in [1.165, 1.54) is 0 Å². The number of H-pyrrole nitrogens is 1. The molecular formula is C24H22F2N8. The van der Waals surface area contributed by atoms with Crippen molar-refractivity contribution in [1.29, 1.82) is 0 Å². The number of nitrogens with zero attached hydrogens (tertiary/aromatic N) is 5. The van der Waals surface area contributed by atoms with Crippen LogP contribution in [0.1, 0.15) is 12.8 Å². The van der Waals surface area contributed by atoms with Gasteiger partial charge in [0.05, 0.1) is 33.9 Å². The molecule has 7 rings (SSSR count). The number of fused-ring (bicyclic) bond motifs is 4. The lowest BCUT2D eigenvalue weighted by Crippen LogP contribution is -2.23. The van der Waals surface area contributed by atoms with Gasteiger partial charge in [-0.25, -0.2) is 23.3 Å². The van der Waals surface area contributed by atoms with Gasteiger partial charge in [-0.3, -0.25) is 0 Å². The molecule has 2 unspecified atom stereocenters. The van der Waals surface area contributed by atoms with Crippen LogP contribution in [0.15, 0.2) is 36.9 Å². The Labute approximate surface area is 192 Å². The van der Waals surface area contributed by atoms with Crippen LogP contribution in [-0.4, -0.2) is 50.7 Å². The molecule has 8 nitrogen and oxygen atoms in total. The average molecular weight is 460 g/mol. The predicted octanol–water partition coefficient (Wildman–Crippen LogP) is 3.67. The highest BCUT2D eigenvalue weighted by Crippen LogP contribution is 2.54. The van der Waals surface area contributed by atoms with Crippen molar-refractivity contribution in [3.8, 4) is 11.1 Å². The number of rotatable bonds is 3. The van der Waals surface area contributed by atoms with Crippen LogP contribution in [0, 0.1) is 17.0 Å². The fourth-order valence-corrected chi connectivity index (χ4v) is 5.56. The summed E-state index contributed by atoms with van der Waals surface area (Å²) in [6.07, 6.45) is 9.05. The highest BCUT2D eigenvalue weighted by Gasteiger charge is 2.55. The second-order valence-corrected chi connectivity index (χ2v) is 9.41. The predicted molar refractivity (Wildman–Crippen MR) is 127 cm³/mol. The first-order chi connectivity index (χ1) is 16.5. The van der Waals surface area contributed by atoms with Crippen LogP contribution in [-0.2, 0) is 0 Å². The molecular weight excluding hydrogens is 438 g/mol. The first-order valence-corrected chi connectivity index (χ1v) is 11.3. The number of halogens is 2. The normalized spacial score (nSPS) is 22.0. The molecule has 4 aromatic heterocycles. The summed E-state index contributed by atoms with van der Waals surface area (Å²) in [5.74, 6) is -1.80. The highest BCUT2D eigenvalue weighted by atomic mass is 19.2. The van der Waals surface area contributed by atoms with Crippen molar-refractivity contribution >= 4 is 39.0 Å². The number of anilines is 2. The maximum atomic E-state index is 15.4. The van der Waals surface area contributed by atoms with E-state index in [0.717, 1.165) is 54.5 Å². The van der Waals surface area contributed by atoms with Crippen LogP contribution in [0.2, 0.25) is 0 Å². The molecule has 1 aliphatic carbocycles. The van der Waals surface area contributed by atoms with Gasteiger partial charge >= 0.3 is 0 Å². The van der Waals surface area contributed by atoms with Gasteiger partial charge in [0.15, 0.2) is 17.3 Å². The zero-order valence-corrected chi connectivity index (χ0v) is 18.4. The Hall–Kier alpha value is -3.79. The zero-order valence-electron chi connectivity index (χ0n) is 18.4. The Balaban J connectivity index is 1.56. The standard InChI is InChI=1S/C24H22F2N8/c1-28-15-6-14(25)20(26)18-19-22(33-5-3-24(11-33)7-16(24)27)13(9-30-23(19)32-21(15)18)12-8-29-17-2-4-31-34(17)10-12/h2,4,6,8-10,16,28H,3,5,7,11,27H2,1H3,(H,30,32). The molecule has 1 spiro atoms. The SMILES string of the molecule is CNc1cc(F)c(F)c2c1[nH]c1ncc(-c3cnc4ccnn4c3)c(N3CCC4(CC4N)C3)c12. The van der Waals surface area contributed by atoms with Gasteiger partial charge in [-0.15, -0.1) is 0 Å². The summed E-state index contributed by atoms with van der Waals surface area (Å²) in [6.45, 7) is 1.54. The Morgan fingerprint density at radius 2 is 2.09 bits per heavy atom. The van der Waals surface area contributed by atoms with Crippen molar-refractivity contribution in [2.24, 2.45) is 11.1 Å². The van der Waals surface area contributed by atoms with E-state index in [0.29, 0.717) is 22.2 Å². The number of nitrogens with one attached hydrogen (secondary N) is 2. The van der Waals surface area contributed by atoms with Gasteiger partial charge in [-0.1, -0.05) is 0 Å². The van der Waals surface area contributed by atoms with E-state index < -0.39 is 11.6 Å². The van der Waals surface area contributed by atoms with Crippen LogP contribution < -0.4 is 16.0 Å². The van der Waals surface area contributed by atoms with Crippen LogP contribution in [0.4, 0.5) is 20.2 Å². The first kappa shape index (κ1) is 19.7. The molecule has 2 atom stereocenters. The van der Waals surface area contributed by atoms with Gasteiger partial charge in [0.2, 0.25) is 0 Å². The number of hydrogen-bond donors (Lipinski definition) is 3. The first-order valence-electron chi connectivity index (χ1n) is 11.3. The Morgan fingerprint density at radius 1 is 1.24 bits per heavy atom. The average Bonchev–Trinajstić information content (AvgIpc) is 3.28. The third kappa shape index (κ3) is 2.57. The molecule has 1 aromatic carbocycles. The molecule has 0 amide bonds. The molecule has 34 heavy (non-hydrogen) atoms. The summed E-state index contributed by atoms with van der Waals surface area (Å²) >= 11 is 0. The molecule has 0 bridgehead atoms. The summed E-state index contributed by atoms with van der Waals surface area (Å²) in [7, 11) is 1.68. The van der Waals surface area contributed by atoms with E-state index >= 15 is 4.39 Å². The van der Waals surface area contributed by atoms with Gasteiger partial charge < -0.3 is 20.9 Å². The van der Waals surface area contributed by atoms with Crippen molar-refractivity contribution in [3.63, 3.8) is 0 Å². The minimum atomic E-state index is -0.907. The maximum absolute atomic E-state index is 15.4. The minimum Gasteiger partial charge on any atom is -0.386 e. The smallest absolute Gasteiger partial charge is 0.169 e. The van der Waals surface area contributed by atoms with E-state index in [9.17, 15) is 4.39 Å². The molecule has 2 fully saturated rings. The molecule has 5 heterocycles. The number of benzene rings is 1. The maximum Gasteiger partial charge on any atom is 0.169 e. The van der Waals surface area contributed by atoms with Crippen LogP contribution in [0.3, 0.4) is 0 Å². The number of nitrogens with two attached hydrogens (primary N) is 1. The van der Waals surface area contributed by atoms with E-state index in [2.05, 4.69) is 30.3 Å². The van der Waals surface area contributed by atoms with Gasteiger partial charge in [0.25, 0.3) is 0 Å². The van der Waals surface area contributed by atoms with Gasteiger partial charge in [0.1, 0.15) is 5.65 Å². The van der Waals surface area contributed by atoms with Crippen molar-refractivity contribution in [1.82, 2.24) is 24.6 Å². The topological polar surface area (TPSA) is 100 Å². The second-order valence-electron chi connectivity index (χ2n) is 9.41. The van der Waals surface area contributed by atoms with E-state index in [1.807, 2.05) is 12.3 Å². The Kier molecular flexibility index (Phi) is 3.83. The van der Waals surface area contributed by atoms with Crippen molar-refractivity contribution < 1.29 is 8.78 Å². The Bertz CT molecular complexity index is 1620. The quantitative estimate of drug-likeness (QED) is 0.380. The third-order valence-corrected chi connectivity index (χ3v) is 7.55. The Morgan fingerprint density at radius 3 is 2.85 bits per heavy atom. The number of aromatic amines is 1. The number of aromatic nitrogens is 5. The number of pyridine rings is 1. The van der Waals surface area contributed by atoms with Gasteiger partial charge in [-0.05, 0) is 12.8 Å². The molecule has 1 saturated heterocycles. The summed E-state index contributed by atoms with van der Waals surface area (Å²) < 4.78 is 31.7. The van der Waals surface area contributed by atoms with E-state index in [4.69, 9.17) is 5.73 Å². The second kappa shape index (κ2) is 6.63. The lowest BCUT2D eigenvalue weighted by molar-refractivity contribution is 0.518. The molecule has 5 aromatic rings. The molecule has 2 aliphatic rings. The summed E-state index contributed by atoms with van der Waals surface area (Å²) in [5.41, 5.74) is 11.0. The highest BCUT2D eigenvalue weighted by molar-refractivity contribution is 6.18. The van der Waals surface area contributed by atoms with Crippen molar-refractivity contribution in [2.45, 2.75) is 18.9 Å². The molecule has 1 saturated carbocycles. The molecule has 1 aliphatic heterocycles. The summed E-state index contributed by atoms with van der Waals surface area (Å²) in [4.78, 5) is 14.6. The molecule has 172 valence electrons. The van der Waals surface area contributed by atoms with Crippen molar-refractivity contribution in [2.75, 3.05) is 30.4 Å². The molecule has 4 N–H and O–H groups in total. The fourth-order valence-electron chi connectivity index (χ4n) is 5.56.